The van der Waals surface area contributed by atoms with Gasteiger partial charge < -0.3 is 20.1 Å². The Labute approximate surface area is 207 Å². The number of carboxylic acids is 1. The highest BCUT2D eigenvalue weighted by molar-refractivity contribution is 5.79. The van der Waals surface area contributed by atoms with Crippen LogP contribution in [0.15, 0.2) is 48.5 Å². The largest absolute Gasteiger partial charge is 0.481 e. The Balaban J connectivity index is 1.25. The van der Waals surface area contributed by atoms with Crippen LogP contribution in [0.2, 0.25) is 0 Å². The molecular weight excluding hydrogens is 444 g/mol. The minimum absolute atomic E-state index is 0.0621. The quantitative estimate of drug-likeness (QED) is 0.363. The summed E-state index contributed by atoms with van der Waals surface area (Å²) < 4.78 is 5.55. The number of nitrogens with one attached hydrogen (secondary N) is 1. The fraction of sp³-hybridized carbons (Fsp3) is 0.464. The van der Waals surface area contributed by atoms with Crippen molar-refractivity contribution in [3.63, 3.8) is 0 Å². The number of alkyl carbamates (subject to hydrolysis) is 1. The topological polar surface area (TPSA) is 95.9 Å². The van der Waals surface area contributed by atoms with E-state index in [1.807, 2.05) is 24.3 Å². The summed E-state index contributed by atoms with van der Waals surface area (Å²) in [5, 5.41) is 11.5. The van der Waals surface area contributed by atoms with Crippen LogP contribution >= 0.6 is 0 Å². The van der Waals surface area contributed by atoms with E-state index in [4.69, 9.17) is 9.84 Å². The zero-order valence-electron chi connectivity index (χ0n) is 20.5. The molecule has 2 aromatic carbocycles. The molecule has 0 bridgehead atoms. The Bertz CT molecular complexity index is 961. The van der Waals surface area contributed by atoms with E-state index in [1.165, 1.54) is 22.3 Å². The molecule has 0 atom stereocenters. The molecule has 188 valence electrons. The van der Waals surface area contributed by atoms with E-state index >= 15 is 0 Å². The molecule has 2 amide bonds. The van der Waals surface area contributed by atoms with E-state index in [0.29, 0.717) is 32.5 Å². The Kier molecular flexibility index (Phi) is 10.1. The van der Waals surface area contributed by atoms with Crippen molar-refractivity contribution in [1.29, 1.82) is 0 Å². The molecule has 0 saturated heterocycles. The lowest BCUT2D eigenvalue weighted by Crippen LogP contribution is -2.27. The summed E-state index contributed by atoms with van der Waals surface area (Å²) in [5.41, 5.74) is 4.82. The van der Waals surface area contributed by atoms with E-state index < -0.39 is 5.97 Å². The maximum Gasteiger partial charge on any atom is 0.407 e. The summed E-state index contributed by atoms with van der Waals surface area (Å²) in [6.07, 6.45) is 5.30. The molecule has 0 aliphatic heterocycles. The summed E-state index contributed by atoms with van der Waals surface area (Å²) in [6, 6.07) is 16.6. The molecule has 0 fully saturated rings. The van der Waals surface area contributed by atoms with Crippen LogP contribution in [0.4, 0.5) is 4.79 Å². The number of rotatable bonds is 14. The number of nitrogens with zero attached hydrogens (tertiary/aromatic N) is 1. The molecule has 3 rings (SSSR count). The van der Waals surface area contributed by atoms with Gasteiger partial charge in [-0.25, -0.2) is 4.79 Å². The fourth-order valence-electron chi connectivity index (χ4n) is 4.55. The highest BCUT2D eigenvalue weighted by Gasteiger charge is 2.28. The van der Waals surface area contributed by atoms with Crippen LogP contribution in [-0.4, -0.2) is 54.7 Å². The van der Waals surface area contributed by atoms with Gasteiger partial charge in [0.2, 0.25) is 5.91 Å². The third-order valence-electron chi connectivity index (χ3n) is 6.49. The first-order chi connectivity index (χ1) is 17.0. The molecule has 0 spiro atoms. The molecule has 0 unspecified atom stereocenters. The number of hydrogen-bond donors (Lipinski definition) is 2. The zero-order valence-corrected chi connectivity index (χ0v) is 20.5. The van der Waals surface area contributed by atoms with Gasteiger partial charge in [0.1, 0.15) is 6.61 Å². The predicted molar refractivity (Wildman–Crippen MR) is 135 cm³/mol. The average molecular weight is 481 g/mol. The van der Waals surface area contributed by atoms with Crippen LogP contribution in [-0.2, 0) is 14.3 Å². The average Bonchev–Trinajstić information content (AvgIpc) is 3.17. The van der Waals surface area contributed by atoms with E-state index in [0.717, 1.165) is 32.1 Å². The van der Waals surface area contributed by atoms with Crippen molar-refractivity contribution in [2.45, 2.75) is 57.3 Å². The maximum absolute atomic E-state index is 12.2. The first-order valence-corrected chi connectivity index (χ1v) is 12.5. The van der Waals surface area contributed by atoms with Gasteiger partial charge in [0.15, 0.2) is 0 Å². The Morgan fingerprint density at radius 2 is 1.46 bits per heavy atom. The van der Waals surface area contributed by atoms with Gasteiger partial charge in [-0.1, -0.05) is 67.8 Å². The van der Waals surface area contributed by atoms with Crippen molar-refractivity contribution >= 4 is 18.0 Å². The Morgan fingerprint density at radius 3 is 2.11 bits per heavy atom. The molecule has 2 aromatic rings. The van der Waals surface area contributed by atoms with Gasteiger partial charge in [0.25, 0.3) is 0 Å². The monoisotopic (exact) mass is 480 g/mol. The maximum atomic E-state index is 12.2. The van der Waals surface area contributed by atoms with Gasteiger partial charge >= 0.3 is 12.1 Å². The van der Waals surface area contributed by atoms with Crippen molar-refractivity contribution in [1.82, 2.24) is 10.2 Å². The van der Waals surface area contributed by atoms with Crippen LogP contribution in [0.25, 0.3) is 11.1 Å². The molecular formula is C28H36N2O5. The van der Waals surface area contributed by atoms with E-state index in [2.05, 4.69) is 29.6 Å². The van der Waals surface area contributed by atoms with Crippen molar-refractivity contribution in [2.75, 3.05) is 26.7 Å². The summed E-state index contributed by atoms with van der Waals surface area (Å²) in [5.74, 6) is -0.710. The Hall–Kier alpha value is -3.35. The lowest BCUT2D eigenvalue weighted by molar-refractivity contribution is -0.138. The molecule has 7 heteroatoms. The van der Waals surface area contributed by atoms with E-state index in [1.54, 1.807) is 11.9 Å². The second kappa shape index (κ2) is 13.5. The minimum atomic E-state index is -0.834. The van der Waals surface area contributed by atoms with Crippen molar-refractivity contribution < 1.29 is 24.2 Å². The number of ether oxygens (including phenoxy) is 1. The van der Waals surface area contributed by atoms with Gasteiger partial charge in [0, 0.05) is 38.9 Å². The van der Waals surface area contributed by atoms with Crippen molar-refractivity contribution in [3.05, 3.63) is 59.7 Å². The number of aliphatic carboxylic acids is 1. The minimum Gasteiger partial charge on any atom is -0.481 e. The highest BCUT2D eigenvalue weighted by atomic mass is 16.5. The van der Waals surface area contributed by atoms with Gasteiger partial charge in [0.05, 0.1) is 0 Å². The molecule has 1 aliphatic rings. The molecule has 7 nitrogen and oxygen atoms in total. The number of unbranched alkanes of at least 4 members (excludes halogenated alkanes) is 4. The standard InChI is InChI=1S/C28H36N2O5/c1-30(19-11-17-27(32)33)26(31)16-5-3-2-4-10-18-29-28(34)35-20-25-23-14-8-6-12-21(23)22-13-7-9-15-24(22)25/h6-9,12-15,25H,2-5,10-11,16-20H2,1H3,(H,29,34)(H,32,33). The molecule has 2 N–H and O–H groups in total. The number of fused-ring (bicyclic) bond motifs is 3. The second-order valence-electron chi connectivity index (χ2n) is 9.08. The van der Waals surface area contributed by atoms with E-state index in [9.17, 15) is 14.4 Å². The van der Waals surface area contributed by atoms with Crippen LogP contribution in [0, 0.1) is 0 Å². The molecule has 0 aromatic heterocycles. The zero-order chi connectivity index (χ0) is 25.0. The van der Waals surface area contributed by atoms with Crippen LogP contribution in [0.3, 0.4) is 0 Å². The first kappa shape index (κ1) is 26.3. The van der Waals surface area contributed by atoms with Crippen molar-refractivity contribution in [3.8, 4) is 11.1 Å². The van der Waals surface area contributed by atoms with Crippen molar-refractivity contribution in [2.24, 2.45) is 0 Å². The van der Waals surface area contributed by atoms with Crippen LogP contribution < -0.4 is 5.32 Å². The Morgan fingerprint density at radius 1 is 0.857 bits per heavy atom. The summed E-state index contributed by atoms with van der Waals surface area (Å²) in [4.78, 5) is 36.4. The fourth-order valence-corrected chi connectivity index (χ4v) is 4.55. The number of carbonyl (C=O) groups is 3. The first-order valence-electron chi connectivity index (χ1n) is 12.5. The molecule has 0 radical (unpaired) electrons. The third kappa shape index (κ3) is 7.84. The van der Waals surface area contributed by atoms with Gasteiger partial charge in [-0.3, -0.25) is 9.59 Å². The number of amides is 2. The van der Waals surface area contributed by atoms with Gasteiger partial charge in [-0.05, 0) is 41.5 Å². The molecule has 0 saturated carbocycles. The lowest BCUT2D eigenvalue weighted by atomic mass is 9.98. The summed E-state index contributed by atoms with van der Waals surface area (Å²) in [7, 11) is 1.72. The van der Waals surface area contributed by atoms with Gasteiger partial charge in [-0.2, -0.15) is 0 Å². The second-order valence-corrected chi connectivity index (χ2v) is 9.08. The predicted octanol–water partition coefficient (Wildman–Crippen LogP) is 5.19. The molecule has 1 aliphatic carbocycles. The van der Waals surface area contributed by atoms with Crippen LogP contribution in [0.1, 0.15) is 68.4 Å². The van der Waals surface area contributed by atoms with Gasteiger partial charge in [-0.15, -0.1) is 0 Å². The highest BCUT2D eigenvalue weighted by Crippen LogP contribution is 2.44. The normalized spacial score (nSPS) is 12.0. The SMILES string of the molecule is CN(CCCC(=O)O)C(=O)CCCCCCCNC(=O)OCC1c2ccccc2-c2ccccc21. The van der Waals surface area contributed by atoms with Crippen LogP contribution in [0.5, 0.6) is 0 Å². The summed E-state index contributed by atoms with van der Waals surface area (Å²) in [6.45, 7) is 1.37. The lowest BCUT2D eigenvalue weighted by Gasteiger charge is -2.16. The number of carboxylic acid groups (broad SMARTS) is 1. The number of carbonyl (C=O) groups excluding carboxylic acids is 2. The smallest absolute Gasteiger partial charge is 0.407 e. The molecule has 0 heterocycles. The summed E-state index contributed by atoms with van der Waals surface area (Å²) >= 11 is 0. The number of hydrogen-bond acceptors (Lipinski definition) is 4. The molecule has 35 heavy (non-hydrogen) atoms. The third-order valence-corrected chi connectivity index (χ3v) is 6.49. The van der Waals surface area contributed by atoms with E-state index in [-0.39, 0.29) is 24.3 Å². The number of benzene rings is 2.